The van der Waals surface area contributed by atoms with Crippen molar-refractivity contribution in [1.82, 2.24) is 15.0 Å². The van der Waals surface area contributed by atoms with Crippen molar-refractivity contribution in [1.29, 1.82) is 0 Å². The zero-order valence-corrected chi connectivity index (χ0v) is 18.3. The molecular formula is C21H20F4N4S2. The van der Waals surface area contributed by atoms with Gasteiger partial charge in [-0.3, -0.25) is 0 Å². The van der Waals surface area contributed by atoms with Crippen LogP contribution in [0.1, 0.15) is 35.5 Å². The predicted molar refractivity (Wildman–Crippen MR) is 117 cm³/mol. The molecule has 2 aromatic heterocycles. The fourth-order valence-electron chi connectivity index (χ4n) is 3.45. The first kappa shape index (κ1) is 22.0. The van der Waals surface area contributed by atoms with Crippen LogP contribution in [0.3, 0.4) is 0 Å². The summed E-state index contributed by atoms with van der Waals surface area (Å²) in [7, 11) is 0. The number of halogens is 4. The van der Waals surface area contributed by atoms with Gasteiger partial charge >= 0.3 is 6.18 Å². The van der Waals surface area contributed by atoms with Crippen LogP contribution < -0.4 is 5.32 Å². The minimum atomic E-state index is -4.55. The van der Waals surface area contributed by atoms with Gasteiger partial charge in [0.1, 0.15) is 10.7 Å². The van der Waals surface area contributed by atoms with Gasteiger partial charge in [0.15, 0.2) is 5.67 Å². The lowest BCUT2D eigenvalue weighted by Crippen LogP contribution is -2.19. The molecule has 0 aliphatic carbocycles. The fraction of sp³-hybridized carbons (Fsp3) is 0.381. The number of thiazole rings is 1. The van der Waals surface area contributed by atoms with Crippen molar-refractivity contribution in [3.63, 3.8) is 0 Å². The number of nitrogens with zero attached hydrogens (tertiary/aromatic N) is 3. The van der Waals surface area contributed by atoms with Crippen molar-refractivity contribution in [3.05, 3.63) is 52.9 Å². The van der Waals surface area contributed by atoms with Gasteiger partial charge in [0, 0.05) is 18.1 Å². The molecule has 10 heteroatoms. The number of hydrogen-bond donors (Lipinski definition) is 1. The third-order valence-corrected chi connectivity index (χ3v) is 7.25. The van der Waals surface area contributed by atoms with Crippen molar-refractivity contribution in [2.45, 2.75) is 38.0 Å². The van der Waals surface area contributed by atoms with Gasteiger partial charge in [0.25, 0.3) is 0 Å². The Bertz CT molecular complexity index is 1060. The van der Waals surface area contributed by atoms with E-state index in [2.05, 4.69) is 20.3 Å². The summed E-state index contributed by atoms with van der Waals surface area (Å²) in [4.78, 5) is 12.6. The van der Waals surface area contributed by atoms with Gasteiger partial charge < -0.3 is 5.32 Å². The molecule has 1 atom stereocenters. The predicted octanol–water partition coefficient (Wildman–Crippen LogP) is 6.75. The molecule has 1 saturated heterocycles. The average molecular weight is 469 g/mol. The molecule has 31 heavy (non-hydrogen) atoms. The number of hydrogen-bond acceptors (Lipinski definition) is 6. The van der Waals surface area contributed by atoms with Gasteiger partial charge in [-0.25, -0.2) is 19.3 Å². The lowest BCUT2D eigenvalue weighted by molar-refractivity contribution is -0.141. The number of anilines is 2. The Kier molecular flexibility index (Phi) is 6.20. The number of aromatic nitrogens is 3. The quantitative estimate of drug-likeness (QED) is 0.429. The van der Waals surface area contributed by atoms with E-state index < -0.39 is 17.5 Å². The summed E-state index contributed by atoms with van der Waals surface area (Å²) in [6.07, 6.45) is -0.0616. The third kappa shape index (κ3) is 5.17. The molecule has 3 aromatic rings. The maximum absolute atomic E-state index is 15.5. The van der Waals surface area contributed by atoms with Crippen LogP contribution in [0.25, 0.3) is 10.4 Å². The topological polar surface area (TPSA) is 50.7 Å². The van der Waals surface area contributed by atoms with Crippen LogP contribution in [-0.4, -0.2) is 26.5 Å². The summed E-state index contributed by atoms with van der Waals surface area (Å²) >= 11 is 3.10. The van der Waals surface area contributed by atoms with Gasteiger partial charge in [-0.1, -0.05) is 6.07 Å². The Balaban J connectivity index is 1.60. The zero-order valence-electron chi connectivity index (χ0n) is 16.7. The van der Waals surface area contributed by atoms with Crippen molar-refractivity contribution >= 4 is 34.7 Å². The summed E-state index contributed by atoms with van der Waals surface area (Å²) in [5, 5.41) is 3.33. The van der Waals surface area contributed by atoms with E-state index in [1.165, 1.54) is 11.3 Å². The number of rotatable bonds is 4. The van der Waals surface area contributed by atoms with Gasteiger partial charge in [0.05, 0.1) is 4.88 Å². The fourth-order valence-corrected chi connectivity index (χ4v) is 5.51. The van der Waals surface area contributed by atoms with E-state index in [1.807, 2.05) is 13.0 Å². The molecule has 3 heterocycles. The van der Waals surface area contributed by atoms with E-state index in [-0.39, 0.29) is 5.95 Å². The number of alkyl halides is 4. The maximum atomic E-state index is 15.5. The van der Waals surface area contributed by atoms with Crippen LogP contribution >= 0.6 is 23.1 Å². The lowest BCUT2D eigenvalue weighted by Gasteiger charge is -2.20. The van der Waals surface area contributed by atoms with Crippen LogP contribution in [0, 0.1) is 6.92 Å². The molecule has 0 saturated carbocycles. The second-order valence-corrected chi connectivity index (χ2v) is 9.69. The van der Waals surface area contributed by atoms with Crippen molar-refractivity contribution in [3.8, 4) is 10.4 Å². The summed E-state index contributed by atoms with van der Waals surface area (Å²) < 4.78 is 54.2. The SMILES string of the molecule is Cc1cc(Nc2nccc(C(F)(F)F)n2)cc(-c2cnc(C3(F)CCCSCC3)s2)c1. The first-order valence-electron chi connectivity index (χ1n) is 9.75. The highest BCUT2D eigenvalue weighted by Crippen LogP contribution is 2.42. The number of nitrogens with one attached hydrogen (secondary N) is 1. The summed E-state index contributed by atoms with van der Waals surface area (Å²) in [5.74, 6) is 1.60. The van der Waals surface area contributed by atoms with E-state index in [9.17, 15) is 13.2 Å². The zero-order chi connectivity index (χ0) is 22.1. The van der Waals surface area contributed by atoms with Gasteiger partial charge in [0.2, 0.25) is 5.95 Å². The molecule has 0 radical (unpaired) electrons. The summed E-state index contributed by atoms with van der Waals surface area (Å²) in [6.45, 7) is 1.88. The molecule has 1 unspecified atom stereocenters. The first-order chi connectivity index (χ1) is 14.7. The largest absolute Gasteiger partial charge is 0.433 e. The number of thioether (sulfide) groups is 1. The van der Waals surface area contributed by atoms with Crippen LogP contribution in [-0.2, 0) is 11.8 Å². The molecular weight excluding hydrogens is 448 g/mol. The molecule has 1 aliphatic heterocycles. The Hall–Kier alpha value is -2.20. The number of benzene rings is 1. The molecule has 4 nitrogen and oxygen atoms in total. The Labute approximate surface area is 185 Å². The molecule has 0 spiro atoms. The Morgan fingerprint density at radius 1 is 1.10 bits per heavy atom. The Morgan fingerprint density at radius 2 is 1.94 bits per heavy atom. The molecule has 1 aromatic carbocycles. The second kappa shape index (κ2) is 8.74. The van der Waals surface area contributed by atoms with Gasteiger partial charge in [-0.2, -0.15) is 24.9 Å². The molecule has 1 fully saturated rings. The third-order valence-electron chi connectivity index (χ3n) is 4.96. The van der Waals surface area contributed by atoms with Crippen molar-refractivity contribution in [2.24, 2.45) is 0 Å². The maximum Gasteiger partial charge on any atom is 0.433 e. The normalized spacial score (nSPS) is 19.8. The van der Waals surface area contributed by atoms with Crippen molar-refractivity contribution < 1.29 is 17.6 Å². The van der Waals surface area contributed by atoms with Crippen LogP contribution in [0.5, 0.6) is 0 Å². The number of aryl methyl sites for hydroxylation is 1. The molecule has 164 valence electrons. The minimum absolute atomic E-state index is 0.143. The standard InChI is InChI=1S/C21H20F4N4S2/c1-13-9-14(16-12-27-18(31-16)20(22)4-2-7-30-8-5-20)11-15(10-13)28-19-26-6-3-17(29-19)21(23,24)25/h3,6,9-12H,2,4-5,7-8H2,1H3,(H,26,28,29). The highest BCUT2D eigenvalue weighted by molar-refractivity contribution is 7.99. The lowest BCUT2D eigenvalue weighted by atomic mass is 9.98. The first-order valence-corrected chi connectivity index (χ1v) is 11.7. The Morgan fingerprint density at radius 3 is 2.74 bits per heavy atom. The van der Waals surface area contributed by atoms with Crippen LogP contribution in [0.4, 0.5) is 29.2 Å². The monoisotopic (exact) mass is 468 g/mol. The molecule has 0 bridgehead atoms. The van der Waals surface area contributed by atoms with E-state index in [1.54, 1.807) is 30.1 Å². The second-order valence-electron chi connectivity index (χ2n) is 7.44. The summed E-state index contributed by atoms with van der Waals surface area (Å²) in [5.41, 5.74) is -0.166. The molecule has 4 rings (SSSR count). The average Bonchev–Trinajstić information content (AvgIpc) is 3.11. The minimum Gasteiger partial charge on any atom is -0.324 e. The van der Waals surface area contributed by atoms with Crippen LogP contribution in [0.15, 0.2) is 36.7 Å². The van der Waals surface area contributed by atoms with Crippen molar-refractivity contribution in [2.75, 3.05) is 16.8 Å². The highest BCUT2D eigenvalue weighted by atomic mass is 32.2. The molecule has 1 aliphatic rings. The van der Waals surface area contributed by atoms with E-state index in [0.717, 1.165) is 46.2 Å². The van der Waals surface area contributed by atoms with E-state index in [4.69, 9.17) is 0 Å². The highest BCUT2D eigenvalue weighted by Gasteiger charge is 2.36. The van der Waals surface area contributed by atoms with Gasteiger partial charge in [-0.15, -0.1) is 11.3 Å². The van der Waals surface area contributed by atoms with E-state index in [0.29, 0.717) is 23.5 Å². The van der Waals surface area contributed by atoms with E-state index >= 15 is 4.39 Å². The molecule has 0 amide bonds. The van der Waals surface area contributed by atoms with Gasteiger partial charge in [-0.05, 0) is 67.0 Å². The molecule has 1 N–H and O–H groups in total. The summed E-state index contributed by atoms with van der Waals surface area (Å²) in [6, 6.07) is 6.32. The van der Waals surface area contributed by atoms with Crippen LogP contribution in [0.2, 0.25) is 0 Å². The smallest absolute Gasteiger partial charge is 0.324 e.